The van der Waals surface area contributed by atoms with Gasteiger partial charge in [0.25, 0.3) is 5.91 Å². The first kappa shape index (κ1) is 17.3. The third-order valence-electron chi connectivity index (χ3n) is 3.81. The topological polar surface area (TPSA) is 29.1 Å². The number of fused-ring (bicyclic) bond motifs is 1. The van der Waals surface area contributed by atoms with Gasteiger partial charge in [0, 0.05) is 16.6 Å². The third kappa shape index (κ3) is 4.72. The Labute approximate surface area is 141 Å². The highest BCUT2D eigenvalue weighted by molar-refractivity contribution is 7.21. The maximum absolute atomic E-state index is 12.2. The Morgan fingerprint density at radius 1 is 1.09 bits per heavy atom. The highest BCUT2D eigenvalue weighted by Crippen LogP contribution is 2.34. The Hall–Kier alpha value is -1.06. The second kappa shape index (κ2) is 9.16. The van der Waals surface area contributed by atoms with Gasteiger partial charge in [0.1, 0.15) is 4.88 Å². The van der Waals surface area contributed by atoms with Crippen molar-refractivity contribution in [3.8, 4) is 0 Å². The zero-order chi connectivity index (χ0) is 15.8. The van der Waals surface area contributed by atoms with Crippen molar-refractivity contribution in [1.29, 1.82) is 0 Å². The molecule has 1 aromatic carbocycles. The van der Waals surface area contributed by atoms with E-state index in [4.69, 9.17) is 11.6 Å². The van der Waals surface area contributed by atoms with Crippen LogP contribution in [0.5, 0.6) is 0 Å². The molecule has 0 atom stereocenters. The van der Waals surface area contributed by atoms with E-state index < -0.39 is 0 Å². The van der Waals surface area contributed by atoms with Crippen LogP contribution in [-0.4, -0.2) is 12.5 Å². The second-order valence-electron chi connectivity index (χ2n) is 5.62. The van der Waals surface area contributed by atoms with Gasteiger partial charge in [0.2, 0.25) is 0 Å². The van der Waals surface area contributed by atoms with E-state index in [0.717, 1.165) is 23.1 Å². The van der Waals surface area contributed by atoms with Gasteiger partial charge in [-0.15, -0.1) is 11.3 Å². The van der Waals surface area contributed by atoms with Crippen LogP contribution in [0.1, 0.15) is 61.5 Å². The molecular formula is C18H24ClNOS. The summed E-state index contributed by atoms with van der Waals surface area (Å²) in [7, 11) is 0. The Kier molecular flexibility index (Phi) is 7.20. The van der Waals surface area contributed by atoms with E-state index in [9.17, 15) is 4.79 Å². The van der Waals surface area contributed by atoms with Crippen LogP contribution in [0.25, 0.3) is 10.1 Å². The maximum Gasteiger partial charge on any atom is 0.262 e. The van der Waals surface area contributed by atoms with Gasteiger partial charge in [-0.05, 0) is 12.5 Å². The number of nitrogens with one attached hydrogen (secondary N) is 1. The summed E-state index contributed by atoms with van der Waals surface area (Å²) in [6.45, 7) is 2.96. The van der Waals surface area contributed by atoms with Crippen LogP contribution in [0.3, 0.4) is 0 Å². The molecule has 0 spiro atoms. The van der Waals surface area contributed by atoms with Gasteiger partial charge in [0.05, 0.1) is 5.02 Å². The van der Waals surface area contributed by atoms with Crippen molar-refractivity contribution >= 4 is 38.9 Å². The van der Waals surface area contributed by atoms with Crippen LogP contribution in [0.2, 0.25) is 5.02 Å². The number of unbranched alkanes of at least 4 members (excludes halogenated alkanes) is 6. The summed E-state index contributed by atoms with van der Waals surface area (Å²) >= 11 is 7.78. The number of benzene rings is 1. The van der Waals surface area contributed by atoms with E-state index >= 15 is 0 Å². The van der Waals surface area contributed by atoms with Gasteiger partial charge in [-0.3, -0.25) is 4.79 Å². The first-order valence-corrected chi connectivity index (χ1v) is 9.38. The normalized spacial score (nSPS) is 11.0. The first-order valence-electron chi connectivity index (χ1n) is 8.19. The monoisotopic (exact) mass is 337 g/mol. The Balaban J connectivity index is 1.74. The zero-order valence-corrected chi connectivity index (χ0v) is 14.7. The Morgan fingerprint density at radius 2 is 1.77 bits per heavy atom. The van der Waals surface area contributed by atoms with Gasteiger partial charge in [0.15, 0.2) is 0 Å². The summed E-state index contributed by atoms with van der Waals surface area (Å²) in [6.07, 6.45) is 8.75. The van der Waals surface area contributed by atoms with Crippen molar-refractivity contribution in [2.24, 2.45) is 0 Å². The fourth-order valence-corrected chi connectivity index (χ4v) is 3.96. The minimum Gasteiger partial charge on any atom is -0.351 e. The highest BCUT2D eigenvalue weighted by atomic mass is 35.5. The molecule has 0 aliphatic rings. The largest absolute Gasteiger partial charge is 0.351 e. The predicted molar refractivity (Wildman–Crippen MR) is 97.2 cm³/mol. The number of hydrogen-bond acceptors (Lipinski definition) is 2. The number of carbonyl (C=O) groups is 1. The van der Waals surface area contributed by atoms with Crippen molar-refractivity contribution in [2.45, 2.75) is 51.9 Å². The van der Waals surface area contributed by atoms with Crippen LogP contribution in [0.15, 0.2) is 24.3 Å². The lowest BCUT2D eigenvalue weighted by atomic mass is 10.1. The lowest BCUT2D eigenvalue weighted by molar-refractivity contribution is 0.0957. The molecular weight excluding hydrogens is 314 g/mol. The van der Waals surface area contributed by atoms with Gasteiger partial charge in [-0.2, -0.15) is 0 Å². The number of carbonyl (C=O) groups excluding carboxylic acids is 1. The van der Waals surface area contributed by atoms with Gasteiger partial charge >= 0.3 is 0 Å². The molecule has 1 aromatic heterocycles. The number of hydrogen-bond donors (Lipinski definition) is 1. The molecule has 2 aromatic rings. The van der Waals surface area contributed by atoms with E-state index in [2.05, 4.69) is 12.2 Å². The molecule has 0 fully saturated rings. The summed E-state index contributed by atoms with van der Waals surface area (Å²) in [5.41, 5.74) is 0. The number of thiophene rings is 1. The Bertz CT molecular complexity index is 608. The number of rotatable bonds is 9. The summed E-state index contributed by atoms with van der Waals surface area (Å²) < 4.78 is 1.06. The van der Waals surface area contributed by atoms with Gasteiger partial charge in [-0.1, -0.05) is 75.2 Å². The average Bonchev–Trinajstić information content (AvgIpc) is 2.87. The van der Waals surface area contributed by atoms with E-state index in [1.165, 1.54) is 49.9 Å². The molecule has 1 amide bonds. The first-order chi connectivity index (χ1) is 10.7. The molecule has 2 nitrogen and oxygen atoms in total. The van der Waals surface area contributed by atoms with Crippen LogP contribution < -0.4 is 5.32 Å². The molecule has 0 bridgehead atoms. The van der Waals surface area contributed by atoms with Gasteiger partial charge in [-0.25, -0.2) is 0 Å². The fraction of sp³-hybridized carbons (Fsp3) is 0.500. The molecule has 0 saturated carbocycles. The molecule has 0 saturated heterocycles. The van der Waals surface area contributed by atoms with Crippen LogP contribution >= 0.6 is 22.9 Å². The maximum atomic E-state index is 12.2. The average molecular weight is 338 g/mol. The third-order valence-corrected chi connectivity index (χ3v) is 5.48. The number of halogens is 1. The summed E-state index contributed by atoms with van der Waals surface area (Å²) in [4.78, 5) is 12.9. The van der Waals surface area contributed by atoms with Crippen molar-refractivity contribution in [3.05, 3.63) is 34.2 Å². The van der Waals surface area contributed by atoms with Crippen molar-refractivity contribution in [3.63, 3.8) is 0 Å². The summed E-state index contributed by atoms with van der Waals surface area (Å²) in [5.74, 6) is -0.0443. The fourth-order valence-electron chi connectivity index (χ4n) is 2.52. The molecule has 0 radical (unpaired) electrons. The molecule has 22 heavy (non-hydrogen) atoms. The lowest BCUT2D eigenvalue weighted by Crippen LogP contribution is -2.23. The van der Waals surface area contributed by atoms with Crippen LogP contribution in [0, 0.1) is 0 Å². The molecule has 0 aliphatic carbocycles. The quantitative estimate of drug-likeness (QED) is 0.555. The van der Waals surface area contributed by atoms with Crippen LogP contribution in [-0.2, 0) is 0 Å². The minimum absolute atomic E-state index is 0.0443. The van der Waals surface area contributed by atoms with Crippen molar-refractivity contribution in [1.82, 2.24) is 5.32 Å². The van der Waals surface area contributed by atoms with E-state index in [-0.39, 0.29) is 5.91 Å². The van der Waals surface area contributed by atoms with Crippen molar-refractivity contribution in [2.75, 3.05) is 6.54 Å². The summed E-state index contributed by atoms with van der Waals surface area (Å²) in [6, 6.07) is 7.87. The number of amides is 1. The highest BCUT2D eigenvalue weighted by Gasteiger charge is 2.16. The standard InChI is InChI=1S/C18H24ClNOS/c1-2-3-4-5-6-7-10-13-20-18(21)17-16(19)14-11-8-9-12-15(14)22-17/h8-9,11-12H,2-7,10,13H2,1H3,(H,20,21). The molecule has 120 valence electrons. The molecule has 1 heterocycles. The Morgan fingerprint density at radius 3 is 2.50 bits per heavy atom. The zero-order valence-electron chi connectivity index (χ0n) is 13.2. The summed E-state index contributed by atoms with van der Waals surface area (Å²) in [5, 5.41) is 4.54. The lowest BCUT2D eigenvalue weighted by Gasteiger charge is -2.04. The second-order valence-corrected chi connectivity index (χ2v) is 7.05. The van der Waals surface area contributed by atoms with Crippen LogP contribution in [0.4, 0.5) is 0 Å². The van der Waals surface area contributed by atoms with Gasteiger partial charge < -0.3 is 5.32 Å². The predicted octanol–water partition coefficient (Wildman–Crippen LogP) is 6.04. The van der Waals surface area contributed by atoms with Crippen molar-refractivity contribution < 1.29 is 4.79 Å². The molecule has 2 rings (SSSR count). The van der Waals surface area contributed by atoms with E-state index in [1.54, 1.807) is 0 Å². The minimum atomic E-state index is -0.0443. The SMILES string of the molecule is CCCCCCCCCNC(=O)c1sc2ccccc2c1Cl. The molecule has 0 aliphatic heterocycles. The van der Waals surface area contributed by atoms with E-state index in [0.29, 0.717) is 9.90 Å². The molecule has 1 N–H and O–H groups in total. The van der Waals surface area contributed by atoms with E-state index in [1.807, 2.05) is 24.3 Å². The molecule has 0 unspecified atom stereocenters. The smallest absolute Gasteiger partial charge is 0.262 e. The molecule has 4 heteroatoms.